The molecule has 1 aromatic heterocycles. The van der Waals surface area contributed by atoms with Crippen LogP contribution in [0.1, 0.15) is 40.6 Å². The van der Waals surface area contributed by atoms with Crippen molar-refractivity contribution in [3.63, 3.8) is 0 Å². The zero-order valence-electron chi connectivity index (χ0n) is 18.8. The van der Waals surface area contributed by atoms with Crippen molar-refractivity contribution in [3.05, 3.63) is 71.4 Å². The largest absolute Gasteiger partial charge is 0.485 e. The molecule has 2 aromatic carbocycles. The maximum atomic E-state index is 13.3. The Bertz CT molecular complexity index is 1290. The van der Waals surface area contributed by atoms with Crippen molar-refractivity contribution in [3.8, 4) is 11.5 Å². The molecule has 0 radical (unpaired) electrons. The number of ether oxygens (including phenoxy) is 2. The van der Waals surface area contributed by atoms with Crippen molar-refractivity contribution < 1.29 is 37.1 Å². The van der Waals surface area contributed by atoms with E-state index in [0.717, 1.165) is 12.1 Å². The third kappa shape index (κ3) is 5.45. The third-order valence-corrected chi connectivity index (χ3v) is 4.98. The van der Waals surface area contributed by atoms with Gasteiger partial charge in [0.25, 0.3) is 11.8 Å². The molecular formula is C24H21F2N3O6. The van der Waals surface area contributed by atoms with Crippen LogP contribution in [0.3, 0.4) is 0 Å². The fourth-order valence-corrected chi connectivity index (χ4v) is 3.31. The smallest absolute Gasteiger partial charge is 0.273 e. The van der Waals surface area contributed by atoms with Crippen molar-refractivity contribution in [2.75, 3.05) is 18.1 Å². The summed E-state index contributed by atoms with van der Waals surface area (Å²) in [7, 11) is 0. The van der Waals surface area contributed by atoms with Crippen LogP contribution in [0.15, 0.2) is 47.1 Å². The first-order chi connectivity index (χ1) is 16.7. The van der Waals surface area contributed by atoms with Crippen LogP contribution in [0.4, 0.5) is 14.5 Å². The second-order valence-electron chi connectivity index (χ2n) is 7.99. The zero-order chi connectivity index (χ0) is 25.1. The zero-order valence-corrected chi connectivity index (χ0v) is 18.8. The highest BCUT2D eigenvalue weighted by molar-refractivity contribution is 6.02. The van der Waals surface area contributed by atoms with Crippen molar-refractivity contribution in [2.45, 2.75) is 26.4 Å². The van der Waals surface area contributed by atoms with E-state index in [4.69, 9.17) is 13.9 Å². The van der Waals surface area contributed by atoms with Gasteiger partial charge in [-0.25, -0.2) is 13.8 Å². The highest BCUT2D eigenvalue weighted by Gasteiger charge is 2.28. The molecule has 9 nitrogen and oxygen atoms in total. The van der Waals surface area contributed by atoms with Crippen molar-refractivity contribution >= 4 is 23.3 Å². The van der Waals surface area contributed by atoms with Crippen molar-refractivity contribution in [2.24, 2.45) is 0 Å². The first-order valence-corrected chi connectivity index (χ1v) is 10.6. The summed E-state index contributed by atoms with van der Waals surface area (Å²) >= 11 is 0. The first kappa shape index (κ1) is 23.9. The molecule has 0 saturated heterocycles. The Hall–Kier alpha value is -4.28. The van der Waals surface area contributed by atoms with Crippen LogP contribution in [0.25, 0.3) is 0 Å². The quantitative estimate of drug-likeness (QED) is 0.488. The Kier molecular flexibility index (Phi) is 6.76. The lowest BCUT2D eigenvalue weighted by Crippen LogP contribution is -2.38. The van der Waals surface area contributed by atoms with Gasteiger partial charge in [-0.3, -0.25) is 19.3 Å². The number of halogens is 2. The number of amides is 2. The van der Waals surface area contributed by atoms with Gasteiger partial charge >= 0.3 is 0 Å². The Labute approximate surface area is 198 Å². The normalized spacial score (nSPS) is 12.8. The highest BCUT2D eigenvalue weighted by atomic mass is 19.2. The summed E-state index contributed by atoms with van der Waals surface area (Å²) in [4.78, 5) is 42.8. The molecule has 11 heteroatoms. The minimum Gasteiger partial charge on any atom is -0.485 e. The molecule has 1 N–H and O–H groups in total. The van der Waals surface area contributed by atoms with Gasteiger partial charge in [0.15, 0.2) is 36.3 Å². The predicted octanol–water partition coefficient (Wildman–Crippen LogP) is 3.28. The van der Waals surface area contributed by atoms with Crippen LogP contribution in [0, 0.1) is 11.6 Å². The maximum Gasteiger partial charge on any atom is 0.273 e. The number of aromatic nitrogens is 1. The van der Waals surface area contributed by atoms with E-state index in [-0.39, 0.29) is 42.1 Å². The lowest BCUT2D eigenvalue weighted by atomic mass is 10.1. The van der Waals surface area contributed by atoms with E-state index < -0.39 is 35.8 Å². The summed E-state index contributed by atoms with van der Waals surface area (Å²) in [5, 5.41) is 2.70. The van der Waals surface area contributed by atoms with Gasteiger partial charge in [-0.1, -0.05) is 0 Å². The summed E-state index contributed by atoms with van der Waals surface area (Å²) in [6.45, 7) is 2.87. The molecule has 0 spiro atoms. The number of fused-ring (bicyclic) bond motifs is 1. The average Bonchev–Trinajstić information content (AvgIpc) is 3.30. The molecule has 182 valence electrons. The van der Waals surface area contributed by atoms with Crippen LogP contribution in [0.2, 0.25) is 0 Å². The maximum absolute atomic E-state index is 13.3. The van der Waals surface area contributed by atoms with E-state index in [1.807, 2.05) is 13.8 Å². The Balaban J connectivity index is 1.50. The Morgan fingerprint density at radius 3 is 2.71 bits per heavy atom. The number of oxazole rings is 1. The van der Waals surface area contributed by atoms with E-state index in [1.54, 1.807) is 0 Å². The van der Waals surface area contributed by atoms with Gasteiger partial charge in [0.05, 0.1) is 5.69 Å². The SMILES string of the molecule is CC(C)NC(=O)c1coc(CN2C(=O)COc3ccc(C(=O)COc4ccc(F)c(F)c4)cc32)n1. The average molecular weight is 485 g/mol. The molecule has 1 aliphatic rings. The number of nitrogens with zero attached hydrogens (tertiary/aromatic N) is 2. The van der Waals surface area contributed by atoms with E-state index in [9.17, 15) is 23.2 Å². The summed E-state index contributed by atoms with van der Waals surface area (Å²) < 4.78 is 42.5. The number of carbonyl (C=O) groups is 3. The number of hydrogen-bond donors (Lipinski definition) is 1. The number of ketones is 1. The summed E-state index contributed by atoms with van der Waals surface area (Å²) in [6.07, 6.45) is 1.20. The lowest BCUT2D eigenvalue weighted by Gasteiger charge is -2.28. The molecule has 35 heavy (non-hydrogen) atoms. The van der Waals surface area contributed by atoms with Gasteiger partial charge in [-0.15, -0.1) is 0 Å². The van der Waals surface area contributed by atoms with Crippen LogP contribution in [-0.4, -0.2) is 41.8 Å². The highest BCUT2D eigenvalue weighted by Crippen LogP contribution is 2.34. The number of nitrogens with one attached hydrogen (secondary N) is 1. The van der Waals surface area contributed by atoms with Crippen LogP contribution < -0.4 is 19.7 Å². The molecule has 0 atom stereocenters. The Morgan fingerprint density at radius 1 is 1.17 bits per heavy atom. The molecule has 4 rings (SSSR count). The fraction of sp³-hybridized carbons (Fsp3) is 0.250. The summed E-state index contributed by atoms with van der Waals surface area (Å²) in [5.74, 6) is -2.89. The summed E-state index contributed by atoms with van der Waals surface area (Å²) in [5.41, 5.74) is 0.596. The van der Waals surface area contributed by atoms with Crippen LogP contribution >= 0.6 is 0 Å². The topological polar surface area (TPSA) is 111 Å². The molecule has 0 fully saturated rings. The molecule has 0 bridgehead atoms. The van der Waals surface area contributed by atoms with Gasteiger partial charge in [-0.05, 0) is 44.2 Å². The fourth-order valence-electron chi connectivity index (χ4n) is 3.31. The minimum atomic E-state index is -1.09. The molecule has 0 saturated carbocycles. The van der Waals surface area contributed by atoms with Gasteiger partial charge in [0.2, 0.25) is 5.89 Å². The Morgan fingerprint density at radius 2 is 1.97 bits per heavy atom. The molecule has 2 heterocycles. The molecule has 0 unspecified atom stereocenters. The first-order valence-electron chi connectivity index (χ1n) is 10.6. The number of anilines is 1. The second kappa shape index (κ2) is 9.92. The van der Waals surface area contributed by atoms with Gasteiger partial charge in [0.1, 0.15) is 24.3 Å². The molecule has 1 aliphatic heterocycles. The van der Waals surface area contributed by atoms with Crippen LogP contribution in [0.5, 0.6) is 11.5 Å². The van der Waals surface area contributed by atoms with E-state index in [2.05, 4.69) is 10.3 Å². The van der Waals surface area contributed by atoms with E-state index in [0.29, 0.717) is 11.4 Å². The summed E-state index contributed by atoms with van der Waals surface area (Å²) in [6, 6.07) is 7.36. The van der Waals surface area contributed by atoms with Crippen molar-refractivity contribution in [1.29, 1.82) is 0 Å². The molecular weight excluding hydrogens is 464 g/mol. The number of Topliss-reactive ketones (excluding diaryl/α,β-unsaturated/α-hetero) is 1. The number of benzene rings is 2. The van der Waals surface area contributed by atoms with Crippen LogP contribution in [-0.2, 0) is 11.3 Å². The number of carbonyl (C=O) groups excluding carboxylic acids is 3. The van der Waals surface area contributed by atoms with E-state index in [1.165, 1.54) is 35.4 Å². The molecule has 3 aromatic rings. The predicted molar refractivity (Wildman–Crippen MR) is 118 cm³/mol. The second-order valence-corrected chi connectivity index (χ2v) is 7.99. The van der Waals surface area contributed by atoms with Crippen molar-refractivity contribution in [1.82, 2.24) is 10.3 Å². The van der Waals surface area contributed by atoms with Gasteiger partial charge < -0.3 is 19.2 Å². The number of rotatable bonds is 8. The molecule has 2 amide bonds. The van der Waals surface area contributed by atoms with Gasteiger partial charge in [-0.2, -0.15) is 0 Å². The third-order valence-electron chi connectivity index (χ3n) is 4.98. The molecule has 0 aliphatic carbocycles. The number of hydrogen-bond acceptors (Lipinski definition) is 7. The van der Waals surface area contributed by atoms with Gasteiger partial charge in [0, 0.05) is 17.7 Å². The minimum absolute atomic E-state index is 0.00320. The standard InChI is InChI=1S/C24H21F2N3O6/c1-13(2)27-24(32)18-10-35-22(28-18)9-29-19-7-14(3-6-21(19)34-12-23(29)31)20(30)11-33-15-4-5-16(25)17(26)8-15/h3-8,10,13H,9,11-12H2,1-2H3,(H,27,32). The lowest BCUT2D eigenvalue weighted by molar-refractivity contribution is -0.121. The van der Waals surface area contributed by atoms with E-state index >= 15 is 0 Å². The monoisotopic (exact) mass is 485 g/mol.